The molecule has 4 rings (SSSR count). The number of hydrogen-bond acceptors (Lipinski definition) is 3. The van der Waals surface area contributed by atoms with E-state index in [1.165, 1.54) is 22.8 Å². The van der Waals surface area contributed by atoms with Crippen molar-refractivity contribution in [2.45, 2.75) is 25.1 Å². The molecule has 1 aromatic carbocycles. The molecule has 8 heteroatoms. The maximum Gasteiger partial charge on any atom is 0.416 e. The van der Waals surface area contributed by atoms with Crippen LogP contribution in [0.5, 0.6) is 0 Å². The maximum atomic E-state index is 13.2. The zero-order chi connectivity index (χ0) is 19.9. The number of carbonyl (C=O) groups is 1. The minimum absolute atomic E-state index is 0.143. The second-order valence-corrected chi connectivity index (χ2v) is 6.82. The van der Waals surface area contributed by atoms with Gasteiger partial charge < -0.3 is 10.0 Å². The third kappa shape index (κ3) is 3.13. The first-order valence-electron chi connectivity index (χ1n) is 8.96. The second-order valence-electron chi connectivity index (χ2n) is 6.82. The van der Waals surface area contributed by atoms with Crippen LogP contribution in [0.15, 0.2) is 48.7 Å². The lowest BCUT2D eigenvalue weighted by Gasteiger charge is -2.23. The largest absolute Gasteiger partial charge is 0.416 e. The first-order chi connectivity index (χ1) is 13.4. The van der Waals surface area contributed by atoms with Crippen molar-refractivity contribution in [3.8, 4) is 11.3 Å². The van der Waals surface area contributed by atoms with Crippen molar-refractivity contribution in [1.82, 2.24) is 14.5 Å². The van der Waals surface area contributed by atoms with E-state index >= 15 is 0 Å². The van der Waals surface area contributed by atoms with E-state index in [-0.39, 0.29) is 29.7 Å². The number of alkyl halides is 3. The fourth-order valence-corrected chi connectivity index (χ4v) is 3.74. The Labute approximate surface area is 159 Å². The molecule has 3 heterocycles. The standard InChI is InChI=1S/C20H18F3N3O2/c21-20(22,23)14-5-1-4-13(10-14)18-17(11-15-6-2-8-24-26(15)18)19(28)25-9-3-7-16(25)12-27/h1-2,4-6,8,10-11,16,27H,3,7,9,12H2/t16-/m0/s1. The second kappa shape index (κ2) is 6.94. The first-order valence-corrected chi connectivity index (χ1v) is 8.96. The van der Waals surface area contributed by atoms with Gasteiger partial charge in [-0.1, -0.05) is 12.1 Å². The van der Waals surface area contributed by atoms with Crippen LogP contribution in [-0.2, 0) is 6.18 Å². The van der Waals surface area contributed by atoms with Crippen LogP contribution in [0.1, 0.15) is 28.8 Å². The summed E-state index contributed by atoms with van der Waals surface area (Å²) >= 11 is 0. The fraction of sp³-hybridized carbons (Fsp3) is 0.300. The van der Waals surface area contributed by atoms with E-state index in [9.17, 15) is 23.1 Å². The number of halogens is 3. The lowest BCUT2D eigenvalue weighted by atomic mass is 10.0. The molecule has 146 valence electrons. The SMILES string of the molecule is O=C(c1cc2cccnn2c1-c1cccc(C(F)(F)F)c1)N1CCC[C@H]1CO. The zero-order valence-corrected chi connectivity index (χ0v) is 14.9. The van der Waals surface area contributed by atoms with Gasteiger partial charge in [-0.2, -0.15) is 18.3 Å². The summed E-state index contributed by atoms with van der Waals surface area (Å²) in [7, 11) is 0. The third-order valence-electron chi connectivity index (χ3n) is 5.08. The minimum Gasteiger partial charge on any atom is -0.394 e. The molecule has 28 heavy (non-hydrogen) atoms. The van der Waals surface area contributed by atoms with Crippen molar-refractivity contribution < 1.29 is 23.1 Å². The molecule has 1 amide bonds. The molecule has 0 saturated carbocycles. The van der Waals surface area contributed by atoms with E-state index in [0.29, 0.717) is 24.2 Å². The van der Waals surface area contributed by atoms with Crippen LogP contribution in [0, 0.1) is 0 Å². The Morgan fingerprint density at radius 1 is 1.21 bits per heavy atom. The van der Waals surface area contributed by atoms with Gasteiger partial charge in [0.2, 0.25) is 0 Å². The number of fused-ring (bicyclic) bond motifs is 1. The molecule has 3 aromatic rings. The van der Waals surface area contributed by atoms with Gasteiger partial charge in [0.15, 0.2) is 0 Å². The third-order valence-corrected chi connectivity index (χ3v) is 5.08. The van der Waals surface area contributed by atoms with Crippen LogP contribution in [0.2, 0.25) is 0 Å². The summed E-state index contributed by atoms with van der Waals surface area (Å²) in [4.78, 5) is 14.8. The van der Waals surface area contributed by atoms with Crippen LogP contribution in [0.4, 0.5) is 13.2 Å². The summed E-state index contributed by atoms with van der Waals surface area (Å²) in [6.45, 7) is 0.363. The topological polar surface area (TPSA) is 57.8 Å². The molecule has 5 nitrogen and oxygen atoms in total. The molecule has 1 N–H and O–H groups in total. The number of carbonyl (C=O) groups excluding carboxylic acids is 1. The molecule has 2 aromatic heterocycles. The van der Waals surface area contributed by atoms with Gasteiger partial charge >= 0.3 is 6.18 Å². The van der Waals surface area contributed by atoms with E-state index in [0.717, 1.165) is 18.6 Å². The highest BCUT2D eigenvalue weighted by molar-refractivity contribution is 6.02. The van der Waals surface area contributed by atoms with E-state index in [1.807, 2.05) is 0 Å². The van der Waals surface area contributed by atoms with Crippen molar-refractivity contribution in [3.05, 3.63) is 59.8 Å². The summed E-state index contributed by atoms with van der Waals surface area (Å²) < 4.78 is 41.1. The Kier molecular flexibility index (Phi) is 4.58. The molecular weight excluding hydrogens is 371 g/mol. The molecule has 1 fully saturated rings. The van der Waals surface area contributed by atoms with Crippen molar-refractivity contribution in [3.63, 3.8) is 0 Å². The summed E-state index contributed by atoms with van der Waals surface area (Å²) in [5, 5.41) is 13.8. The molecule has 0 unspecified atom stereocenters. The highest BCUT2D eigenvalue weighted by Crippen LogP contribution is 2.35. The average molecular weight is 389 g/mol. The van der Waals surface area contributed by atoms with Gasteiger partial charge in [-0.3, -0.25) is 4.79 Å². The predicted molar refractivity (Wildman–Crippen MR) is 96.8 cm³/mol. The predicted octanol–water partition coefficient (Wildman–Crippen LogP) is 3.62. The molecule has 1 atom stereocenters. The first kappa shape index (κ1) is 18.5. The van der Waals surface area contributed by atoms with Crippen molar-refractivity contribution in [1.29, 1.82) is 0 Å². The van der Waals surface area contributed by atoms with Gasteiger partial charge in [0.25, 0.3) is 5.91 Å². The van der Waals surface area contributed by atoms with Gasteiger partial charge in [-0.25, -0.2) is 4.52 Å². The maximum absolute atomic E-state index is 13.2. The molecule has 1 aliphatic heterocycles. The van der Waals surface area contributed by atoms with Crippen molar-refractivity contribution >= 4 is 11.4 Å². The van der Waals surface area contributed by atoms with Gasteiger partial charge in [-0.15, -0.1) is 0 Å². The number of likely N-dealkylation sites (tertiary alicyclic amines) is 1. The van der Waals surface area contributed by atoms with Gasteiger partial charge in [-0.05, 0) is 43.2 Å². The van der Waals surface area contributed by atoms with Crippen LogP contribution in [0.25, 0.3) is 16.8 Å². The van der Waals surface area contributed by atoms with Crippen LogP contribution in [-0.4, -0.2) is 44.7 Å². The molecule has 1 saturated heterocycles. The van der Waals surface area contributed by atoms with Gasteiger partial charge in [0, 0.05) is 18.3 Å². The number of aliphatic hydroxyl groups excluding tert-OH is 1. The zero-order valence-electron chi connectivity index (χ0n) is 14.9. The highest BCUT2D eigenvalue weighted by atomic mass is 19.4. The Morgan fingerprint density at radius 2 is 2.04 bits per heavy atom. The van der Waals surface area contributed by atoms with Crippen molar-refractivity contribution in [2.24, 2.45) is 0 Å². The fourth-order valence-electron chi connectivity index (χ4n) is 3.74. The van der Waals surface area contributed by atoms with E-state index in [4.69, 9.17) is 0 Å². The normalized spacial score (nSPS) is 17.4. The van der Waals surface area contributed by atoms with E-state index in [1.54, 1.807) is 23.1 Å². The highest BCUT2D eigenvalue weighted by Gasteiger charge is 2.33. The number of rotatable bonds is 3. The van der Waals surface area contributed by atoms with Crippen LogP contribution < -0.4 is 0 Å². The van der Waals surface area contributed by atoms with Crippen LogP contribution in [0.3, 0.4) is 0 Å². The number of amides is 1. The Hall–Kier alpha value is -2.87. The molecular formula is C20H18F3N3O2. The van der Waals surface area contributed by atoms with E-state index < -0.39 is 11.7 Å². The lowest BCUT2D eigenvalue weighted by Crippen LogP contribution is -2.37. The summed E-state index contributed by atoms with van der Waals surface area (Å²) in [5.74, 6) is -0.311. The van der Waals surface area contributed by atoms with Crippen molar-refractivity contribution in [2.75, 3.05) is 13.2 Å². The molecule has 1 aliphatic rings. The Morgan fingerprint density at radius 3 is 2.79 bits per heavy atom. The summed E-state index contributed by atoms with van der Waals surface area (Å²) in [6, 6.07) is 9.68. The monoisotopic (exact) mass is 389 g/mol. The number of benzene rings is 1. The molecule has 0 spiro atoms. The summed E-state index contributed by atoms with van der Waals surface area (Å²) in [5.41, 5.74) is 0.673. The number of aromatic nitrogens is 2. The summed E-state index contributed by atoms with van der Waals surface area (Å²) in [6.07, 6.45) is -1.49. The number of hydrogen-bond donors (Lipinski definition) is 1. The van der Waals surface area contributed by atoms with Gasteiger partial charge in [0.05, 0.1) is 35.0 Å². The Balaban J connectivity index is 1.88. The van der Waals surface area contributed by atoms with E-state index in [2.05, 4.69) is 5.10 Å². The minimum atomic E-state index is -4.49. The number of aliphatic hydroxyl groups is 1. The van der Waals surface area contributed by atoms with Crippen LogP contribution >= 0.6 is 0 Å². The van der Waals surface area contributed by atoms with Gasteiger partial charge in [0.1, 0.15) is 0 Å². The Bertz CT molecular complexity index is 1030. The smallest absolute Gasteiger partial charge is 0.394 e. The lowest BCUT2D eigenvalue weighted by molar-refractivity contribution is -0.137. The molecule has 0 radical (unpaired) electrons. The molecule has 0 bridgehead atoms. The average Bonchev–Trinajstić information content (AvgIpc) is 3.31. The molecule has 0 aliphatic carbocycles. The number of nitrogens with zero attached hydrogens (tertiary/aromatic N) is 3. The quantitative estimate of drug-likeness (QED) is 0.745.